The molecule has 1 atom stereocenters. The minimum atomic E-state index is -3.56. The van der Waals surface area contributed by atoms with Crippen LogP contribution in [0.4, 0.5) is 0 Å². The Bertz CT molecular complexity index is 986. The van der Waals surface area contributed by atoms with E-state index >= 15 is 0 Å². The lowest BCUT2D eigenvalue weighted by Crippen LogP contribution is -2.40. The predicted molar refractivity (Wildman–Crippen MR) is 105 cm³/mol. The van der Waals surface area contributed by atoms with Gasteiger partial charge in [-0.1, -0.05) is 6.07 Å². The number of nitrogens with zero attached hydrogens (tertiary/aromatic N) is 2. The van der Waals surface area contributed by atoms with Crippen molar-refractivity contribution >= 4 is 32.1 Å². The van der Waals surface area contributed by atoms with E-state index in [1.54, 1.807) is 48.0 Å². The van der Waals surface area contributed by atoms with Crippen LogP contribution in [0.3, 0.4) is 0 Å². The summed E-state index contributed by atoms with van der Waals surface area (Å²) in [5.74, 6) is 0. The number of nitrogens with one attached hydrogen (secondary N) is 2. The molecule has 0 unspecified atom stereocenters. The van der Waals surface area contributed by atoms with Gasteiger partial charge in [0.1, 0.15) is 0 Å². The summed E-state index contributed by atoms with van der Waals surface area (Å²) in [6.07, 6.45) is 4.27. The van der Waals surface area contributed by atoms with Crippen LogP contribution in [-0.4, -0.2) is 37.5 Å². The smallest absolute Gasteiger partial charge is 0.240 e. The molecule has 0 aliphatic heterocycles. The van der Waals surface area contributed by atoms with Crippen LogP contribution in [0.5, 0.6) is 0 Å². The Labute approximate surface area is 157 Å². The summed E-state index contributed by atoms with van der Waals surface area (Å²) in [6.45, 7) is 5.21. The second-order valence-corrected chi connectivity index (χ2v) is 8.88. The highest BCUT2D eigenvalue weighted by molar-refractivity contribution is 7.89. The fourth-order valence-electron chi connectivity index (χ4n) is 2.69. The molecule has 0 bridgehead atoms. The van der Waals surface area contributed by atoms with E-state index in [4.69, 9.17) is 0 Å². The van der Waals surface area contributed by atoms with Gasteiger partial charge in [-0.15, -0.1) is 11.3 Å². The van der Waals surface area contributed by atoms with Gasteiger partial charge in [0.05, 0.1) is 16.1 Å². The third kappa shape index (κ3) is 4.64. The van der Waals surface area contributed by atoms with Gasteiger partial charge in [0.25, 0.3) is 0 Å². The molecule has 0 aliphatic rings. The Morgan fingerprint density at radius 2 is 2.08 bits per heavy atom. The van der Waals surface area contributed by atoms with E-state index in [1.807, 2.05) is 19.4 Å². The second-order valence-electron chi connectivity index (χ2n) is 6.22. The lowest BCUT2D eigenvalue weighted by Gasteiger charge is -2.15. The molecule has 0 saturated heterocycles. The highest BCUT2D eigenvalue weighted by atomic mass is 32.2. The van der Waals surface area contributed by atoms with Crippen molar-refractivity contribution in [2.75, 3.05) is 13.1 Å². The molecule has 3 rings (SSSR count). The van der Waals surface area contributed by atoms with E-state index in [2.05, 4.69) is 20.0 Å². The molecular formula is C18H22N4O2S2. The summed E-state index contributed by atoms with van der Waals surface area (Å²) >= 11 is 1.65. The molecule has 0 radical (unpaired) electrons. The van der Waals surface area contributed by atoms with Crippen molar-refractivity contribution in [2.24, 2.45) is 0 Å². The number of benzene rings is 1. The Balaban J connectivity index is 1.55. The van der Waals surface area contributed by atoms with Crippen LogP contribution in [-0.2, 0) is 16.4 Å². The van der Waals surface area contributed by atoms with Crippen LogP contribution in [0.15, 0.2) is 47.1 Å². The first-order valence-electron chi connectivity index (χ1n) is 8.41. The van der Waals surface area contributed by atoms with E-state index in [0.717, 1.165) is 29.4 Å². The fraction of sp³-hybridized carbons (Fsp3) is 0.333. The number of fused-ring (bicyclic) bond motifs is 1. The van der Waals surface area contributed by atoms with Gasteiger partial charge in [-0.25, -0.2) is 18.1 Å². The van der Waals surface area contributed by atoms with Gasteiger partial charge in [-0.05, 0) is 43.9 Å². The number of sulfonamides is 1. The third-order valence-electron chi connectivity index (χ3n) is 4.10. The van der Waals surface area contributed by atoms with Crippen LogP contribution in [0.25, 0.3) is 10.8 Å². The zero-order chi connectivity index (χ0) is 18.6. The van der Waals surface area contributed by atoms with Crippen molar-refractivity contribution < 1.29 is 8.42 Å². The van der Waals surface area contributed by atoms with E-state index in [1.165, 1.54) is 4.88 Å². The van der Waals surface area contributed by atoms with Crippen LogP contribution in [0, 0.1) is 6.92 Å². The fourth-order valence-corrected chi connectivity index (χ4v) is 4.75. The van der Waals surface area contributed by atoms with Crippen molar-refractivity contribution in [3.63, 3.8) is 0 Å². The molecule has 2 aromatic heterocycles. The van der Waals surface area contributed by atoms with Gasteiger partial charge in [-0.3, -0.25) is 4.98 Å². The summed E-state index contributed by atoms with van der Waals surface area (Å²) < 4.78 is 27.9. The number of hydrogen-bond acceptors (Lipinski definition) is 6. The standard InChI is InChI=1S/C18H22N4O2S2/c1-13(10-19-8-6-18-14(2)21-12-25-18)22-26(23,24)17-4-3-16-11-20-7-5-15(16)9-17/h3-5,7,9,11-13,19,22H,6,8,10H2,1-2H3/t13-/m1/s1. The van der Waals surface area contributed by atoms with Gasteiger partial charge in [0, 0.05) is 41.8 Å². The summed E-state index contributed by atoms with van der Waals surface area (Å²) in [7, 11) is -3.56. The zero-order valence-corrected chi connectivity index (χ0v) is 16.4. The lowest BCUT2D eigenvalue weighted by molar-refractivity contribution is 0.538. The van der Waals surface area contributed by atoms with Crippen LogP contribution in [0.2, 0.25) is 0 Å². The van der Waals surface area contributed by atoms with Crippen molar-refractivity contribution in [1.82, 2.24) is 20.0 Å². The predicted octanol–water partition coefficient (Wildman–Crippen LogP) is 2.50. The average Bonchev–Trinajstić information content (AvgIpc) is 3.03. The molecule has 2 N–H and O–H groups in total. The molecule has 6 nitrogen and oxygen atoms in total. The Kier molecular flexibility index (Phi) is 5.98. The summed E-state index contributed by atoms with van der Waals surface area (Å²) in [6, 6.07) is 6.65. The van der Waals surface area contributed by atoms with E-state index in [0.29, 0.717) is 6.54 Å². The number of rotatable bonds is 8. The maximum atomic E-state index is 12.6. The first kappa shape index (κ1) is 18.9. The first-order valence-corrected chi connectivity index (χ1v) is 10.8. The van der Waals surface area contributed by atoms with Crippen molar-refractivity contribution in [1.29, 1.82) is 0 Å². The third-order valence-corrected chi connectivity index (χ3v) is 6.68. The number of pyridine rings is 1. The molecule has 8 heteroatoms. The van der Waals surface area contributed by atoms with Gasteiger partial charge in [0.15, 0.2) is 0 Å². The largest absolute Gasteiger partial charge is 0.315 e. The Morgan fingerprint density at radius 3 is 2.85 bits per heavy atom. The molecule has 1 aromatic carbocycles. The van der Waals surface area contributed by atoms with E-state index in [9.17, 15) is 8.42 Å². The van der Waals surface area contributed by atoms with Crippen LogP contribution < -0.4 is 10.0 Å². The SMILES string of the molecule is Cc1ncsc1CCNC[C@@H](C)NS(=O)(=O)c1ccc2cnccc2c1. The van der Waals surface area contributed by atoms with Gasteiger partial charge < -0.3 is 5.32 Å². The summed E-state index contributed by atoms with van der Waals surface area (Å²) in [4.78, 5) is 9.80. The molecule has 2 heterocycles. The number of hydrogen-bond donors (Lipinski definition) is 2. The van der Waals surface area contributed by atoms with Crippen molar-refractivity contribution in [2.45, 2.75) is 31.2 Å². The second kappa shape index (κ2) is 8.22. The molecule has 0 spiro atoms. The monoisotopic (exact) mass is 390 g/mol. The molecular weight excluding hydrogens is 368 g/mol. The lowest BCUT2D eigenvalue weighted by atomic mass is 10.2. The minimum Gasteiger partial charge on any atom is -0.315 e. The molecule has 138 valence electrons. The van der Waals surface area contributed by atoms with Gasteiger partial charge >= 0.3 is 0 Å². The first-order chi connectivity index (χ1) is 12.5. The molecule has 3 aromatic rings. The highest BCUT2D eigenvalue weighted by Gasteiger charge is 2.17. The zero-order valence-electron chi connectivity index (χ0n) is 14.8. The van der Waals surface area contributed by atoms with Crippen molar-refractivity contribution in [3.05, 3.63) is 52.7 Å². The van der Waals surface area contributed by atoms with Crippen molar-refractivity contribution in [3.8, 4) is 0 Å². The van der Waals surface area contributed by atoms with Crippen LogP contribution >= 0.6 is 11.3 Å². The van der Waals surface area contributed by atoms with Gasteiger partial charge in [0.2, 0.25) is 10.0 Å². The number of thiazole rings is 1. The van der Waals surface area contributed by atoms with E-state index < -0.39 is 10.0 Å². The Morgan fingerprint density at radius 1 is 1.23 bits per heavy atom. The maximum Gasteiger partial charge on any atom is 0.240 e. The molecule has 0 saturated carbocycles. The number of aromatic nitrogens is 2. The quantitative estimate of drug-likeness (QED) is 0.578. The average molecular weight is 391 g/mol. The topological polar surface area (TPSA) is 84.0 Å². The summed E-state index contributed by atoms with van der Waals surface area (Å²) in [5.41, 5.74) is 2.91. The molecule has 0 fully saturated rings. The highest BCUT2D eigenvalue weighted by Crippen LogP contribution is 2.18. The summed E-state index contributed by atoms with van der Waals surface area (Å²) in [5, 5.41) is 5.07. The van der Waals surface area contributed by atoms with Gasteiger partial charge in [-0.2, -0.15) is 0 Å². The molecule has 0 amide bonds. The molecule has 0 aliphatic carbocycles. The number of aryl methyl sites for hydroxylation is 1. The van der Waals surface area contributed by atoms with E-state index in [-0.39, 0.29) is 10.9 Å². The molecule has 26 heavy (non-hydrogen) atoms. The Hall–Kier alpha value is -1.87. The van der Waals surface area contributed by atoms with Crippen LogP contribution in [0.1, 0.15) is 17.5 Å². The minimum absolute atomic E-state index is 0.212. The maximum absolute atomic E-state index is 12.6. The normalized spacial score (nSPS) is 13.2.